The van der Waals surface area contributed by atoms with Crippen LogP contribution in [0.15, 0.2) is 16.8 Å². The summed E-state index contributed by atoms with van der Waals surface area (Å²) in [6.45, 7) is 8.64. The Balaban J connectivity index is 2.03. The fourth-order valence-corrected chi connectivity index (χ4v) is 1.84. The number of rotatable bonds is 1. The van der Waals surface area contributed by atoms with E-state index in [9.17, 15) is 0 Å². The van der Waals surface area contributed by atoms with Gasteiger partial charge in [0.2, 0.25) is 0 Å². The van der Waals surface area contributed by atoms with Crippen LogP contribution in [0.3, 0.4) is 0 Å². The maximum atomic E-state index is 4.24. The van der Waals surface area contributed by atoms with Gasteiger partial charge in [0.05, 0.1) is 6.04 Å². The van der Waals surface area contributed by atoms with Gasteiger partial charge in [-0.1, -0.05) is 0 Å². The number of piperazine rings is 1. The van der Waals surface area contributed by atoms with Crippen LogP contribution in [0.1, 0.15) is 13.8 Å². The Kier molecular flexibility index (Phi) is 2.84. The Hall–Kier alpha value is -0.870. The lowest BCUT2D eigenvalue weighted by molar-refractivity contribution is 0.0168. The zero-order chi connectivity index (χ0) is 9.97. The molecule has 1 fully saturated rings. The van der Waals surface area contributed by atoms with Crippen LogP contribution in [-0.4, -0.2) is 48.6 Å². The van der Waals surface area contributed by atoms with Crippen molar-refractivity contribution in [3.63, 3.8) is 0 Å². The van der Waals surface area contributed by atoms with Gasteiger partial charge in [-0.25, -0.2) is 10.0 Å². The molecule has 2 aliphatic heterocycles. The zero-order valence-electron chi connectivity index (χ0n) is 8.90. The topological polar surface area (TPSA) is 30.9 Å². The minimum atomic E-state index is 0.450. The molecule has 0 aromatic rings. The molecule has 1 unspecified atom stereocenters. The lowest BCUT2D eigenvalue weighted by atomic mass is 10.1. The van der Waals surface area contributed by atoms with E-state index < -0.39 is 0 Å². The fraction of sp³-hybridized carbons (Fsp3) is 0.700. The van der Waals surface area contributed by atoms with Gasteiger partial charge in [0.15, 0.2) is 0 Å². The summed E-state index contributed by atoms with van der Waals surface area (Å²) >= 11 is 0. The molecule has 1 N–H and O–H groups in total. The molecule has 0 radical (unpaired) electrons. The largest absolute Gasteiger partial charge is 0.314 e. The van der Waals surface area contributed by atoms with Crippen LogP contribution in [0.5, 0.6) is 0 Å². The van der Waals surface area contributed by atoms with Crippen molar-refractivity contribution in [1.29, 1.82) is 0 Å². The molecule has 0 saturated carbocycles. The van der Waals surface area contributed by atoms with E-state index in [1.807, 2.05) is 12.5 Å². The first-order valence-electron chi connectivity index (χ1n) is 5.23. The van der Waals surface area contributed by atoms with Crippen molar-refractivity contribution in [1.82, 2.24) is 15.3 Å². The number of nitrogens with one attached hydrogen (secondary N) is 1. The van der Waals surface area contributed by atoms with Crippen molar-refractivity contribution >= 4 is 6.34 Å². The number of aliphatic imine (C=N–C) groups is 1. The van der Waals surface area contributed by atoms with E-state index in [0.29, 0.717) is 6.04 Å². The molecule has 78 valence electrons. The second kappa shape index (κ2) is 4.11. The molecule has 0 aromatic heterocycles. The number of hydrogen-bond acceptors (Lipinski definition) is 4. The maximum Gasteiger partial charge on any atom is 0.105 e. The van der Waals surface area contributed by atoms with Gasteiger partial charge < -0.3 is 5.32 Å². The average Bonchev–Trinajstić information content (AvgIpc) is 2.23. The Morgan fingerprint density at radius 2 is 2.14 bits per heavy atom. The molecule has 0 spiro atoms. The molecular weight excluding hydrogens is 176 g/mol. The molecule has 4 nitrogen and oxygen atoms in total. The molecule has 4 heteroatoms. The van der Waals surface area contributed by atoms with Crippen LogP contribution >= 0.6 is 0 Å². The predicted molar refractivity (Wildman–Crippen MR) is 58.0 cm³/mol. The normalized spacial score (nSPS) is 29.1. The Morgan fingerprint density at radius 3 is 2.86 bits per heavy atom. The Bertz CT molecular complexity index is 253. The summed E-state index contributed by atoms with van der Waals surface area (Å²) in [4.78, 5) is 4.24. The second-order valence-electron chi connectivity index (χ2n) is 3.90. The SMILES string of the molecule is CC1=CN=CN(N2CCNCC2)C1C. The molecule has 14 heavy (non-hydrogen) atoms. The van der Waals surface area contributed by atoms with Crippen LogP contribution in [0.25, 0.3) is 0 Å². The molecule has 0 bridgehead atoms. The summed E-state index contributed by atoms with van der Waals surface area (Å²) in [5.41, 5.74) is 1.33. The summed E-state index contributed by atoms with van der Waals surface area (Å²) in [7, 11) is 0. The molecule has 2 aliphatic rings. The predicted octanol–water partition coefficient (Wildman–Crippen LogP) is 0.443. The maximum absolute atomic E-state index is 4.24. The van der Waals surface area contributed by atoms with Crippen LogP contribution in [0.2, 0.25) is 0 Å². The highest BCUT2D eigenvalue weighted by atomic mass is 15.6. The molecule has 2 heterocycles. The third kappa shape index (κ3) is 1.81. The van der Waals surface area contributed by atoms with Crippen molar-refractivity contribution in [2.75, 3.05) is 26.2 Å². The monoisotopic (exact) mass is 194 g/mol. The van der Waals surface area contributed by atoms with Crippen molar-refractivity contribution in [3.05, 3.63) is 11.8 Å². The fourth-order valence-electron chi connectivity index (χ4n) is 1.84. The van der Waals surface area contributed by atoms with Gasteiger partial charge in [-0.3, -0.25) is 5.01 Å². The van der Waals surface area contributed by atoms with Crippen LogP contribution in [0, 0.1) is 0 Å². The Labute approximate surface area is 85.3 Å². The molecule has 1 saturated heterocycles. The van der Waals surface area contributed by atoms with Gasteiger partial charge in [0.1, 0.15) is 6.34 Å². The lowest BCUT2D eigenvalue weighted by Crippen LogP contribution is -2.55. The molecule has 0 aromatic carbocycles. The van der Waals surface area contributed by atoms with E-state index in [2.05, 4.69) is 34.2 Å². The third-order valence-corrected chi connectivity index (χ3v) is 2.94. The number of hydrogen-bond donors (Lipinski definition) is 1. The van der Waals surface area contributed by atoms with Crippen LogP contribution in [-0.2, 0) is 0 Å². The first kappa shape index (κ1) is 9.68. The van der Waals surface area contributed by atoms with Crippen LogP contribution in [0.4, 0.5) is 0 Å². The van der Waals surface area contributed by atoms with E-state index in [1.165, 1.54) is 5.57 Å². The first-order chi connectivity index (χ1) is 6.79. The molecule has 2 rings (SSSR count). The number of hydrazine groups is 1. The summed E-state index contributed by atoms with van der Waals surface area (Å²) < 4.78 is 0. The second-order valence-corrected chi connectivity index (χ2v) is 3.90. The minimum Gasteiger partial charge on any atom is -0.314 e. The van der Waals surface area contributed by atoms with Crippen LogP contribution < -0.4 is 5.32 Å². The van der Waals surface area contributed by atoms with Gasteiger partial charge in [-0.2, -0.15) is 0 Å². The summed E-state index contributed by atoms with van der Waals surface area (Å²) in [5, 5.41) is 7.96. The minimum absolute atomic E-state index is 0.450. The highest BCUT2D eigenvalue weighted by Crippen LogP contribution is 2.15. The zero-order valence-corrected chi connectivity index (χ0v) is 8.90. The first-order valence-corrected chi connectivity index (χ1v) is 5.23. The summed E-state index contributed by atoms with van der Waals surface area (Å²) in [6, 6.07) is 0.450. The van der Waals surface area contributed by atoms with E-state index in [-0.39, 0.29) is 0 Å². The van der Waals surface area contributed by atoms with Crippen molar-refractivity contribution in [2.45, 2.75) is 19.9 Å². The highest BCUT2D eigenvalue weighted by molar-refractivity contribution is 5.58. The van der Waals surface area contributed by atoms with Gasteiger partial charge >= 0.3 is 0 Å². The molecule has 1 atom stereocenters. The van der Waals surface area contributed by atoms with Crippen molar-refractivity contribution < 1.29 is 0 Å². The smallest absolute Gasteiger partial charge is 0.105 e. The average molecular weight is 194 g/mol. The highest BCUT2D eigenvalue weighted by Gasteiger charge is 2.22. The molecular formula is C10H18N4. The quantitative estimate of drug-likeness (QED) is 0.657. The van der Waals surface area contributed by atoms with Gasteiger partial charge in [0, 0.05) is 32.4 Å². The lowest BCUT2D eigenvalue weighted by Gasteiger charge is -2.41. The van der Waals surface area contributed by atoms with Gasteiger partial charge in [0.25, 0.3) is 0 Å². The summed E-state index contributed by atoms with van der Waals surface area (Å²) in [5.74, 6) is 0. The Morgan fingerprint density at radius 1 is 1.43 bits per heavy atom. The van der Waals surface area contributed by atoms with Crippen molar-refractivity contribution in [3.8, 4) is 0 Å². The summed E-state index contributed by atoms with van der Waals surface area (Å²) in [6.07, 6.45) is 3.88. The van der Waals surface area contributed by atoms with E-state index in [1.54, 1.807) is 0 Å². The third-order valence-electron chi connectivity index (χ3n) is 2.94. The number of nitrogens with zero attached hydrogens (tertiary/aromatic N) is 3. The van der Waals surface area contributed by atoms with E-state index in [0.717, 1.165) is 26.2 Å². The molecule has 0 aliphatic carbocycles. The molecule has 0 amide bonds. The van der Waals surface area contributed by atoms with Gasteiger partial charge in [-0.05, 0) is 19.4 Å². The standard InChI is InChI=1S/C10H18N4/c1-9-7-12-8-14(10(9)2)13-5-3-11-4-6-13/h7-8,10-11H,3-6H2,1-2H3. The van der Waals surface area contributed by atoms with Gasteiger partial charge in [-0.15, -0.1) is 0 Å². The van der Waals surface area contributed by atoms with Crippen molar-refractivity contribution in [2.24, 2.45) is 4.99 Å². The van der Waals surface area contributed by atoms with E-state index in [4.69, 9.17) is 0 Å². The van der Waals surface area contributed by atoms with E-state index >= 15 is 0 Å².